The molecule has 0 radical (unpaired) electrons. The van der Waals surface area contributed by atoms with E-state index in [9.17, 15) is 4.79 Å². The number of benzene rings is 2. The predicted molar refractivity (Wildman–Crippen MR) is 118 cm³/mol. The highest BCUT2D eigenvalue weighted by Gasteiger charge is 2.55. The minimum Gasteiger partial charge on any atom is -0.273 e. The zero-order valence-corrected chi connectivity index (χ0v) is 17.4. The number of hydrogen-bond acceptors (Lipinski definition) is 3. The summed E-state index contributed by atoms with van der Waals surface area (Å²) in [7, 11) is 0. The highest BCUT2D eigenvalue weighted by molar-refractivity contribution is 5.90. The number of carbonyl (C=O) groups excluding carboxylic acids is 1. The van der Waals surface area contributed by atoms with Gasteiger partial charge >= 0.3 is 0 Å². The third kappa shape index (κ3) is 3.93. The van der Waals surface area contributed by atoms with E-state index in [2.05, 4.69) is 67.5 Å². The Balaban J connectivity index is 1.39. The van der Waals surface area contributed by atoms with Crippen LogP contribution in [-0.4, -0.2) is 17.1 Å². The van der Waals surface area contributed by atoms with Crippen molar-refractivity contribution in [3.8, 4) is 0 Å². The quantitative estimate of drug-likeness (QED) is 0.510. The van der Waals surface area contributed by atoms with E-state index in [-0.39, 0.29) is 22.7 Å². The first kappa shape index (κ1) is 19.3. The predicted octanol–water partition coefficient (Wildman–Crippen LogP) is 4.96. The summed E-state index contributed by atoms with van der Waals surface area (Å²) in [5.41, 5.74) is 7.15. The molecule has 4 nitrogen and oxygen atoms in total. The lowest BCUT2D eigenvalue weighted by Crippen LogP contribution is -2.23. The first-order valence-electron chi connectivity index (χ1n) is 10.1. The van der Waals surface area contributed by atoms with Crippen LogP contribution >= 0.6 is 0 Å². The fourth-order valence-electron chi connectivity index (χ4n) is 3.84. The van der Waals surface area contributed by atoms with E-state index in [0.29, 0.717) is 0 Å². The molecule has 1 heterocycles. The number of pyridine rings is 1. The minimum atomic E-state index is -0.107. The van der Waals surface area contributed by atoms with Crippen molar-refractivity contribution < 1.29 is 4.79 Å². The van der Waals surface area contributed by atoms with Crippen LogP contribution in [0, 0.1) is 5.92 Å². The summed E-state index contributed by atoms with van der Waals surface area (Å²) in [5, 5.41) is 5.22. The lowest BCUT2D eigenvalue weighted by molar-refractivity contribution is -0.122. The number of aromatic nitrogens is 1. The van der Waals surface area contributed by atoms with E-state index >= 15 is 0 Å². The number of nitrogens with zero attached hydrogens (tertiary/aromatic N) is 2. The molecule has 1 aliphatic carbocycles. The van der Waals surface area contributed by atoms with Gasteiger partial charge in [-0.05, 0) is 46.7 Å². The zero-order chi connectivity index (χ0) is 20.6. The first-order valence-corrected chi connectivity index (χ1v) is 10.1. The highest BCUT2D eigenvalue weighted by atomic mass is 16.2. The van der Waals surface area contributed by atoms with Crippen LogP contribution in [0.25, 0.3) is 10.9 Å². The fourth-order valence-corrected chi connectivity index (χ4v) is 3.84. The second-order valence-corrected chi connectivity index (χ2v) is 9.19. The maximum absolute atomic E-state index is 12.6. The molecule has 2 unspecified atom stereocenters. The van der Waals surface area contributed by atoms with Crippen molar-refractivity contribution in [3.05, 3.63) is 77.5 Å². The second-order valence-electron chi connectivity index (χ2n) is 9.19. The molecule has 1 fully saturated rings. The molecule has 1 saturated carbocycles. The van der Waals surface area contributed by atoms with Crippen molar-refractivity contribution in [1.82, 2.24) is 10.4 Å². The van der Waals surface area contributed by atoms with Gasteiger partial charge in [0.15, 0.2) is 0 Å². The number of hydrogen-bond donors (Lipinski definition) is 1. The normalized spacial score (nSPS) is 21.4. The smallest absolute Gasteiger partial charge is 0.244 e. The monoisotopic (exact) mass is 385 g/mol. The van der Waals surface area contributed by atoms with Crippen molar-refractivity contribution in [1.29, 1.82) is 0 Å². The van der Waals surface area contributed by atoms with E-state index in [1.165, 1.54) is 11.1 Å². The van der Waals surface area contributed by atoms with Crippen molar-refractivity contribution >= 4 is 23.0 Å². The van der Waals surface area contributed by atoms with Crippen molar-refractivity contribution in [3.63, 3.8) is 0 Å². The Bertz CT molecular complexity index is 1080. The lowest BCUT2D eigenvalue weighted by atomic mass is 9.85. The van der Waals surface area contributed by atoms with Crippen LogP contribution in [0.5, 0.6) is 0 Å². The van der Waals surface area contributed by atoms with Gasteiger partial charge in [0.05, 0.1) is 17.6 Å². The summed E-state index contributed by atoms with van der Waals surface area (Å²) in [6.45, 7) is 8.78. The van der Waals surface area contributed by atoms with E-state index in [0.717, 1.165) is 22.9 Å². The van der Waals surface area contributed by atoms with Crippen LogP contribution in [0.15, 0.2) is 65.9 Å². The summed E-state index contributed by atoms with van der Waals surface area (Å²) in [6.07, 6.45) is 4.31. The van der Waals surface area contributed by atoms with Crippen LogP contribution in [0.1, 0.15) is 50.8 Å². The Morgan fingerprint density at radius 3 is 2.66 bits per heavy atom. The zero-order valence-electron chi connectivity index (χ0n) is 17.4. The van der Waals surface area contributed by atoms with E-state index in [1.807, 2.05) is 30.3 Å². The van der Waals surface area contributed by atoms with Crippen LogP contribution in [0.4, 0.5) is 0 Å². The van der Waals surface area contributed by atoms with Crippen LogP contribution in [0.2, 0.25) is 0 Å². The van der Waals surface area contributed by atoms with Crippen LogP contribution < -0.4 is 5.43 Å². The average molecular weight is 386 g/mol. The van der Waals surface area contributed by atoms with Gasteiger partial charge in [-0.1, -0.05) is 64.1 Å². The summed E-state index contributed by atoms with van der Waals surface area (Å²) < 4.78 is 0. The summed E-state index contributed by atoms with van der Waals surface area (Å²) >= 11 is 0. The summed E-state index contributed by atoms with van der Waals surface area (Å²) in [5.74, 6) is -0.0629. The van der Waals surface area contributed by atoms with Gasteiger partial charge in [-0.15, -0.1) is 0 Å². The van der Waals surface area contributed by atoms with Crippen molar-refractivity contribution in [2.24, 2.45) is 11.0 Å². The number of amides is 1. The molecule has 1 N–H and O–H groups in total. The molecule has 2 atom stereocenters. The molecule has 4 rings (SSSR count). The maximum atomic E-state index is 12.6. The standard InChI is InChI=1S/C25H27N3O/c1-24(2,3)19-8-10-20(11-9-19)25(4)15-21(25)23(29)28-27-16-17-7-12-22-18(14-17)6-5-13-26-22/h5-14,16,21H,15H2,1-4H3,(H,28,29)/b27-16+. The topological polar surface area (TPSA) is 54.4 Å². The maximum Gasteiger partial charge on any atom is 0.244 e. The average Bonchev–Trinajstić information content (AvgIpc) is 3.40. The Morgan fingerprint density at radius 2 is 1.93 bits per heavy atom. The Kier molecular flexibility index (Phi) is 4.73. The van der Waals surface area contributed by atoms with Gasteiger partial charge in [0.2, 0.25) is 5.91 Å². The minimum absolute atomic E-state index is 0.0221. The molecule has 0 saturated heterocycles. The summed E-state index contributed by atoms with van der Waals surface area (Å²) in [6, 6.07) is 18.5. The SMILES string of the molecule is CC(C)(C)c1ccc(C2(C)CC2C(=O)N/N=C/c2ccc3ncccc3c2)cc1. The number of nitrogens with one attached hydrogen (secondary N) is 1. The van der Waals surface area contributed by atoms with Gasteiger partial charge in [0.1, 0.15) is 0 Å². The molecule has 2 aromatic carbocycles. The number of hydrazone groups is 1. The molecule has 1 amide bonds. The van der Waals surface area contributed by atoms with Gasteiger partial charge in [-0.3, -0.25) is 9.78 Å². The largest absolute Gasteiger partial charge is 0.273 e. The first-order chi connectivity index (χ1) is 13.8. The highest BCUT2D eigenvalue weighted by Crippen LogP contribution is 2.54. The van der Waals surface area contributed by atoms with Gasteiger partial charge < -0.3 is 0 Å². The Hall–Kier alpha value is -3.01. The number of rotatable bonds is 4. The molecule has 0 aliphatic heterocycles. The van der Waals surface area contributed by atoms with Crippen molar-refractivity contribution in [2.75, 3.05) is 0 Å². The van der Waals surface area contributed by atoms with Crippen molar-refractivity contribution in [2.45, 2.75) is 44.9 Å². The van der Waals surface area contributed by atoms with E-state index < -0.39 is 0 Å². The number of fused-ring (bicyclic) bond motifs is 1. The molecule has 29 heavy (non-hydrogen) atoms. The molecule has 4 heteroatoms. The molecule has 3 aromatic rings. The lowest BCUT2D eigenvalue weighted by Gasteiger charge is -2.20. The van der Waals surface area contributed by atoms with E-state index in [1.54, 1.807) is 12.4 Å². The number of carbonyl (C=O) groups is 1. The Labute approximate surface area is 172 Å². The molecule has 148 valence electrons. The summed E-state index contributed by atoms with van der Waals surface area (Å²) in [4.78, 5) is 16.9. The van der Waals surface area contributed by atoms with Crippen LogP contribution in [-0.2, 0) is 15.6 Å². The second kappa shape index (κ2) is 7.11. The third-order valence-electron chi connectivity index (χ3n) is 5.98. The third-order valence-corrected chi connectivity index (χ3v) is 5.98. The van der Waals surface area contributed by atoms with Gasteiger partial charge in [0.25, 0.3) is 0 Å². The fraction of sp³-hybridized carbons (Fsp3) is 0.320. The Morgan fingerprint density at radius 1 is 1.17 bits per heavy atom. The molecule has 1 aromatic heterocycles. The van der Waals surface area contributed by atoms with Gasteiger partial charge in [0, 0.05) is 17.0 Å². The van der Waals surface area contributed by atoms with Gasteiger partial charge in [-0.2, -0.15) is 5.10 Å². The van der Waals surface area contributed by atoms with Crippen LogP contribution in [0.3, 0.4) is 0 Å². The molecule has 0 bridgehead atoms. The molecular weight excluding hydrogens is 358 g/mol. The molecule has 1 aliphatic rings. The molecular formula is C25H27N3O. The van der Waals surface area contributed by atoms with E-state index in [4.69, 9.17) is 0 Å². The molecule has 0 spiro atoms. The van der Waals surface area contributed by atoms with Gasteiger partial charge in [-0.25, -0.2) is 5.43 Å².